The summed E-state index contributed by atoms with van der Waals surface area (Å²) in [4.78, 5) is 12.5. The number of halogens is 1. The molecule has 2 unspecified atom stereocenters. The Labute approximate surface area is 147 Å². The standard InChI is InChI=1S/C18H24ClN3O2/c1-4-17-16(18(24)20-10-12(2)8-13(3)23)11-21-22(17)15-7-5-6-14(19)9-15/h5-7,9,11-13,23H,4,8,10H2,1-3H3,(H,20,24). The Hall–Kier alpha value is -1.85. The fourth-order valence-electron chi connectivity index (χ4n) is 2.76. The monoisotopic (exact) mass is 349 g/mol. The Morgan fingerprint density at radius 2 is 2.17 bits per heavy atom. The first-order valence-electron chi connectivity index (χ1n) is 8.21. The van der Waals surface area contributed by atoms with Crippen LogP contribution in [0.5, 0.6) is 0 Å². The maximum Gasteiger partial charge on any atom is 0.254 e. The quantitative estimate of drug-likeness (QED) is 0.806. The summed E-state index contributed by atoms with van der Waals surface area (Å²) in [6.07, 6.45) is 2.56. The molecule has 2 atom stereocenters. The highest BCUT2D eigenvalue weighted by Gasteiger charge is 2.18. The van der Waals surface area contributed by atoms with Gasteiger partial charge in [-0.3, -0.25) is 4.79 Å². The van der Waals surface area contributed by atoms with Crippen molar-refractivity contribution in [3.05, 3.63) is 46.7 Å². The number of nitrogens with zero attached hydrogens (tertiary/aromatic N) is 2. The molecule has 0 aliphatic rings. The Balaban J connectivity index is 2.15. The highest BCUT2D eigenvalue weighted by Crippen LogP contribution is 2.19. The summed E-state index contributed by atoms with van der Waals surface area (Å²) in [5.74, 6) is 0.0690. The fourth-order valence-corrected chi connectivity index (χ4v) is 2.95. The van der Waals surface area contributed by atoms with Gasteiger partial charge in [-0.25, -0.2) is 4.68 Å². The molecular weight excluding hydrogens is 326 g/mol. The van der Waals surface area contributed by atoms with Gasteiger partial charge in [0.25, 0.3) is 5.91 Å². The van der Waals surface area contributed by atoms with Crippen LogP contribution in [-0.4, -0.2) is 33.4 Å². The predicted molar refractivity (Wildman–Crippen MR) is 95.7 cm³/mol. The molecule has 1 aromatic carbocycles. The Morgan fingerprint density at radius 1 is 1.42 bits per heavy atom. The van der Waals surface area contributed by atoms with Crippen LogP contribution < -0.4 is 5.32 Å². The summed E-state index contributed by atoms with van der Waals surface area (Å²) < 4.78 is 1.75. The minimum Gasteiger partial charge on any atom is -0.393 e. The zero-order valence-corrected chi connectivity index (χ0v) is 15.0. The molecule has 0 bridgehead atoms. The molecule has 2 aromatic rings. The second-order valence-corrected chi connectivity index (χ2v) is 6.59. The summed E-state index contributed by atoms with van der Waals surface area (Å²) in [6.45, 7) is 6.27. The average Bonchev–Trinajstić information content (AvgIpc) is 2.96. The first-order chi connectivity index (χ1) is 11.4. The third-order valence-electron chi connectivity index (χ3n) is 3.86. The molecule has 5 nitrogen and oxygen atoms in total. The molecule has 0 saturated carbocycles. The molecule has 2 rings (SSSR count). The van der Waals surface area contributed by atoms with Crippen LogP contribution in [-0.2, 0) is 6.42 Å². The Kier molecular flexibility index (Phi) is 6.40. The molecule has 1 heterocycles. The molecule has 1 amide bonds. The molecule has 0 saturated heterocycles. The van der Waals surface area contributed by atoms with E-state index >= 15 is 0 Å². The van der Waals surface area contributed by atoms with Crippen LogP contribution in [0.3, 0.4) is 0 Å². The van der Waals surface area contributed by atoms with Gasteiger partial charge in [-0.1, -0.05) is 31.5 Å². The highest BCUT2D eigenvalue weighted by molar-refractivity contribution is 6.30. The zero-order valence-electron chi connectivity index (χ0n) is 14.3. The van der Waals surface area contributed by atoms with Crippen LogP contribution in [0.4, 0.5) is 0 Å². The van der Waals surface area contributed by atoms with E-state index in [1.807, 2.05) is 32.0 Å². The number of nitrogens with one attached hydrogen (secondary N) is 1. The average molecular weight is 350 g/mol. The number of carbonyl (C=O) groups is 1. The molecule has 0 fully saturated rings. The number of hydrogen-bond acceptors (Lipinski definition) is 3. The fraction of sp³-hybridized carbons (Fsp3) is 0.444. The van der Waals surface area contributed by atoms with Crippen LogP contribution >= 0.6 is 11.6 Å². The number of benzene rings is 1. The van der Waals surface area contributed by atoms with Crippen LogP contribution in [0, 0.1) is 5.92 Å². The van der Waals surface area contributed by atoms with Crippen molar-refractivity contribution in [1.82, 2.24) is 15.1 Å². The zero-order chi connectivity index (χ0) is 17.7. The van der Waals surface area contributed by atoms with Crippen molar-refractivity contribution in [3.63, 3.8) is 0 Å². The summed E-state index contributed by atoms with van der Waals surface area (Å²) in [6, 6.07) is 7.39. The molecule has 2 N–H and O–H groups in total. The summed E-state index contributed by atoms with van der Waals surface area (Å²) in [5, 5.41) is 17.3. The Morgan fingerprint density at radius 3 is 2.79 bits per heavy atom. The van der Waals surface area contributed by atoms with E-state index in [-0.39, 0.29) is 17.9 Å². The van der Waals surface area contributed by atoms with E-state index in [2.05, 4.69) is 10.4 Å². The van der Waals surface area contributed by atoms with E-state index in [1.165, 1.54) is 0 Å². The molecule has 24 heavy (non-hydrogen) atoms. The van der Waals surface area contributed by atoms with Gasteiger partial charge in [-0.05, 0) is 43.9 Å². The number of aromatic nitrogens is 2. The first-order valence-corrected chi connectivity index (χ1v) is 8.59. The molecule has 0 aliphatic heterocycles. The highest BCUT2D eigenvalue weighted by atomic mass is 35.5. The van der Waals surface area contributed by atoms with Crippen LogP contribution in [0.2, 0.25) is 5.02 Å². The lowest BCUT2D eigenvalue weighted by Gasteiger charge is -2.14. The first kappa shape index (κ1) is 18.5. The van der Waals surface area contributed by atoms with Gasteiger partial charge in [-0.2, -0.15) is 5.10 Å². The van der Waals surface area contributed by atoms with Crippen LogP contribution in [0.25, 0.3) is 5.69 Å². The van der Waals surface area contributed by atoms with E-state index in [1.54, 1.807) is 23.9 Å². The van der Waals surface area contributed by atoms with Gasteiger partial charge in [-0.15, -0.1) is 0 Å². The molecule has 0 spiro atoms. The van der Waals surface area contributed by atoms with Gasteiger partial charge in [0.05, 0.1) is 29.2 Å². The molecule has 1 aromatic heterocycles. The van der Waals surface area contributed by atoms with Crippen molar-refractivity contribution in [2.75, 3.05) is 6.54 Å². The number of hydrogen-bond donors (Lipinski definition) is 2. The number of aliphatic hydroxyl groups excluding tert-OH is 1. The molecule has 0 radical (unpaired) electrons. The van der Waals surface area contributed by atoms with Gasteiger partial charge in [0.15, 0.2) is 0 Å². The van der Waals surface area contributed by atoms with E-state index in [0.29, 0.717) is 30.0 Å². The van der Waals surface area contributed by atoms with Gasteiger partial charge >= 0.3 is 0 Å². The number of amides is 1. The van der Waals surface area contributed by atoms with E-state index in [0.717, 1.165) is 11.4 Å². The second-order valence-electron chi connectivity index (χ2n) is 6.15. The van der Waals surface area contributed by atoms with Crippen LogP contribution in [0.15, 0.2) is 30.5 Å². The van der Waals surface area contributed by atoms with E-state index in [4.69, 9.17) is 11.6 Å². The summed E-state index contributed by atoms with van der Waals surface area (Å²) in [7, 11) is 0. The van der Waals surface area contributed by atoms with Crippen molar-refractivity contribution in [3.8, 4) is 5.69 Å². The van der Waals surface area contributed by atoms with E-state index in [9.17, 15) is 9.90 Å². The summed E-state index contributed by atoms with van der Waals surface area (Å²) in [5.41, 5.74) is 2.25. The van der Waals surface area contributed by atoms with Crippen molar-refractivity contribution in [1.29, 1.82) is 0 Å². The van der Waals surface area contributed by atoms with Crippen LogP contribution in [0.1, 0.15) is 43.2 Å². The van der Waals surface area contributed by atoms with Gasteiger partial charge in [0.1, 0.15) is 0 Å². The minimum absolute atomic E-state index is 0.141. The lowest BCUT2D eigenvalue weighted by molar-refractivity contribution is 0.0938. The topological polar surface area (TPSA) is 67.2 Å². The van der Waals surface area contributed by atoms with E-state index < -0.39 is 0 Å². The lowest BCUT2D eigenvalue weighted by atomic mass is 10.0. The largest absolute Gasteiger partial charge is 0.393 e. The van der Waals surface area contributed by atoms with Crippen molar-refractivity contribution < 1.29 is 9.90 Å². The van der Waals surface area contributed by atoms with Crippen molar-refractivity contribution >= 4 is 17.5 Å². The maximum atomic E-state index is 12.5. The van der Waals surface area contributed by atoms with Gasteiger partial charge < -0.3 is 10.4 Å². The number of carbonyl (C=O) groups excluding carboxylic acids is 1. The minimum atomic E-state index is -0.367. The van der Waals surface area contributed by atoms with Crippen molar-refractivity contribution in [2.45, 2.75) is 39.7 Å². The van der Waals surface area contributed by atoms with Gasteiger partial charge in [0.2, 0.25) is 0 Å². The molecule has 0 aliphatic carbocycles. The molecule has 6 heteroatoms. The molecular formula is C18H24ClN3O2. The third kappa shape index (κ3) is 4.58. The second kappa shape index (κ2) is 8.31. The van der Waals surface area contributed by atoms with Gasteiger partial charge in [0, 0.05) is 11.6 Å². The number of rotatable bonds is 7. The Bertz CT molecular complexity index is 697. The summed E-state index contributed by atoms with van der Waals surface area (Å²) >= 11 is 6.04. The third-order valence-corrected chi connectivity index (χ3v) is 4.09. The molecule has 130 valence electrons. The predicted octanol–water partition coefficient (Wildman–Crippen LogP) is 3.22. The normalized spacial score (nSPS) is 13.5. The SMILES string of the molecule is CCc1c(C(=O)NCC(C)CC(C)O)cnn1-c1cccc(Cl)c1. The lowest BCUT2D eigenvalue weighted by Crippen LogP contribution is -2.30. The van der Waals surface area contributed by atoms with Crippen molar-refractivity contribution in [2.24, 2.45) is 5.92 Å². The smallest absolute Gasteiger partial charge is 0.254 e. The maximum absolute atomic E-state index is 12.5. The number of aliphatic hydroxyl groups is 1.